The number of amides is 1. The van der Waals surface area contributed by atoms with Crippen LogP contribution in [0.3, 0.4) is 0 Å². The lowest BCUT2D eigenvalue weighted by molar-refractivity contribution is -0.135. The number of benzene rings is 2. The minimum atomic E-state index is -0.833. The molecule has 1 amide bonds. The molecule has 1 unspecified atom stereocenters. The number of carbonyl (C=O) groups excluding carboxylic acids is 1. The summed E-state index contributed by atoms with van der Waals surface area (Å²) in [6.07, 6.45) is -0.788. The zero-order valence-corrected chi connectivity index (χ0v) is 17.8. The minimum Gasteiger partial charge on any atom is -0.481 e. The Morgan fingerprint density at radius 1 is 1.23 bits per heavy atom. The van der Waals surface area contributed by atoms with Gasteiger partial charge in [0.1, 0.15) is 11.7 Å². The van der Waals surface area contributed by atoms with E-state index in [0.29, 0.717) is 24.5 Å². The van der Waals surface area contributed by atoms with Crippen molar-refractivity contribution in [2.75, 3.05) is 6.61 Å². The quantitative estimate of drug-likeness (QED) is 0.338. The highest BCUT2D eigenvalue weighted by Gasteiger charge is 2.26. The number of aliphatic carboxylic acids is 1. The summed E-state index contributed by atoms with van der Waals surface area (Å²) < 4.78 is 7.58. The first-order valence-electron chi connectivity index (χ1n) is 9.68. The van der Waals surface area contributed by atoms with E-state index in [1.165, 1.54) is 0 Å². The molecule has 0 saturated heterocycles. The number of carbonyl (C=O) groups is 2. The monoisotopic (exact) mass is 425 g/mol. The third kappa shape index (κ3) is 6.38. The van der Waals surface area contributed by atoms with Crippen LogP contribution in [0.2, 0.25) is 0 Å². The SMILES string of the molecule is CC(=O)O.CCOC(C(=O)NCc1ccc(C(=N)N)cc1)c1nc2ccccc2n1C. The molecule has 164 valence electrons. The first-order valence-corrected chi connectivity index (χ1v) is 9.68. The molecule has 3 aromatic rings. The van der Waals surface area contributed by atoms with Gasteiger partial charge in [0.15, 0.2) is 6.10 Å². The summed E-state index contributed by atoms with van der Waals surface area (Å²) >= 11 is 0. The Bertz CT molecular complexity index is 1060. The molecule has 0 radical (unpaired) electrons. The van der Waals surface area contributed by atoms with Crippen molar-refractivity contribution in [3.05, 3.63) is 65.5 Å². The molecule has 3 rings (SSSR count). The van der Waals surface area contributed by atoms with Gasteiger partial charge in [0.25, 0.3) is 11.9 Å². The average Bonchev–Trinajstić information content (AvgIpc) is 3.06. The fourth-order valence-corrected chi connectivity index (χ4v) is 2.92. The first-order chi connectivity index (χ1) is 14.7. The van der Waals surface area contributed by atoms with Crippen molar-refractivity contribution in [2.45, 2.75) is 26.5 Å². The van der Waals surface area contributed by atoms with E-state index in [-0.39, 0.29) is 11.7 Å². The molecule has 0 bridgehead atoms. The number of imidazole rings is 1. The van der Waals surface area contributed by atoms with Gasteiger partial charge in [-0.1, -0.05) is 36.4 Å². The summed E-state index contributed by atoms with van der Waals surface area (Å²) in [6, 6.07) is 14.9. The molecule has 0 saturated carbocycles. The molecule has 5 N–H and O–H groups in total. The Labute approximate surface area is 180 Å². The maximum absolute atomic E-state index is 12.8. The van der Waals surface area contributed by atoms with Crippen LogP contribution in [0.5, 0.6) is 0 Å². The van der Waals surface area contributed by atoms with Crippen molar-refractivity contribution in [3.63, 3.8) is 0 Å². The van der Waals surface area contributed by atoms with Crippen LogP contribution in [0.4, 0.5) is 0 Å². The van der Waals surface area contributed by atoms with Gasteiger partial charge in [0, 0.05) is 32.7 Å². The summed E-state index contributed by atoms with van der Waals surface area (Å²) in [5.41, 5.74) is 8.79. The standard InChI is InChI=1S/C20H23N5O2.C2H4O2/c1-3-27-17(19-24-15-6-4-5-7-16(15)25(19)2)20(26)23-12-13-8-10-14(11-9-13)18(21)22;1-2(3)4/h4-11,17H,3,12H2,1-2H3,(H3,21,22)(H,23,26);1H3,(H,3,4). The second-order valence-corrected chi connectivity index (χ2v) is 6.70. The van der Waals surface area contributed by atoms with E-state index < -0.39 is 12.1 Å². The van der Waals surface area contributed by atoms with Crippen LogP contribution in [-0.4, -0.2) is 39.0 Å². The van der Waals surface area contributed by atoms with Gasteiger partial charge in [-0.25, -0.2) is 4.98 Å². The summed E-state index contributed by atoms with van der Waals surface area (Å²) in [7, 11) is 1.88. The van der Waals surface area contributed by atoms with Gasteiger partial charge in [-0.15, -0.1) is 0 Å². The van der Waals surface area contributed by atoms with Gasteiger partial charge in [0.05, 0.1) is 11.0 Å². The maximum Gasteiger partial charge on any atom is 0.300 e. The summed E-state index contributed by atoms with van der Waals surface area (Å²) in [4.78, 5) is 26.3. The van der Waals surface area contributed by atoms with Crippen LogP contribution in [-0.2, 0) is 27.9 Å². The van der Waals surface area contributed by atoms with E-state index in [1.807, 2.05) is 54.9 Å². The topological polar surface area (TPSA) is 143 Å². The van der Waals surface area contributed by atoms with Crippen molar-refractivity contribution >= 4 is 28.7 Å². The fourth-order valence-electron chi connectivity index (χ4n) is 2.92. The molecule has 9 nitrogen and oxygen atoms in total. The van der Waals surface area contributed by atoms with Gasteiger partial charge in [-0.2, -0.15) is 0 Å². The van der Waals surface area contributed by atoms with Gasteiger partial charge in [-0.3, -0.25) is 15.0 Å². The third-order valence-electron chi connectivity index (χ3n) is 4.36. The second kappa shape index (κ2) is 10.9. The maximum atomic E-state index is 12.8. The lowest BCUT2D eigenvalue weighted by atomic mass is 10.1. The molecule has 0 spiro atoms. The summed E-state index contributed by atoms with van der Waals surface area (Å²) in [5.74, 6) is -0.489. The molecule has 1 atom stereocenters. The van der Waals surface area contributed by atoms with Gasteiger partial charge in [0.2, 0.25) is 0 Å². The molecule has 0 aliphatic heterocycles. The van der Waals surface area contributed by atoms with E-state index in [2.05, 4.69) is 10.3 Å². The Morgan fingerprint density at radius 2 is 1.84 bits per heavy atom. The smallest absolute Gasteiger partial charge is 0.300 e. The highest BCUT2D eigenvalue weighted by molar-refractivity contribution is 5.94. The number of nitrogen functional groups attached to an aromatic ring is 1. The highest BCUT2D eigenvalue weighted by atomic mass is 16.5. The molecule has 0 aliphatic carbocycles. The molecule has 9 heteroatoms. The number of hydrogen-bond donors (Lipinski definition) is 4. The second-order valence-electron chi connectivity index (χ2n) is 6.70. The van der Waals surface area contributed by atoms with Crippen LogP contribution in [0.15, 0.2) is 48.5 Å². The number of nitrogens with one attached hydrogen (secondary N) is 2. The zero-order chi connectivity index (χ0) is 23.0. The molecular weight excluding hydrogens is 398 g/mol. The van der Waals surface area contributed by atoms with Crippen molar-refractivity contribution in [1.82, 2.24) is 14.9 Å². The van der Waals surface area contributed by atoms with Crippen LogP contribution in [0, 0.1) is 5.41 Å². The van der Waals surface area contributed by atoms with Crippen LogP contribution >= 0.6 is 0 Å². The average molecular weight is 425 g/mol. The number of nitrogens with two attached hydrogens (primary N) is 1. The Hall–Kier alpha value is -3.72. The van der Waals surface area contributed by atoms with E-state index >= 15 is 0 Å². The number of nitrogens with zero attached hydrogens (tertiary/aromatic N) is 2. The number of hydrogen-bond acceptors (Lipinski definition) is 5. The van der Waals surface area contributed by atoms with Crippen molar-refractivity contribution in [3.8, 4) is 0 Å². The molecule has 1 heterocycles. The Balaban J connectivity index is 0.000000785. The lowest BCUT2D eigenvalue weighted by Crippen LogP contribution is -2.32. The van der Waals surface area contributed by atoms with Crippen molar-refractivity contribution < 1.29 is 19.4 Å². The number of carboxylic acid groups (broad SMARTS) is 1. The van der Waals surface area contributed by atoms with Crippen molar-refractivity contribution in [1.29, 1.82) is 5.41 Å². The Kier molecular flexibility index (Phi) is 8.27. The fraction of sp³-hybridized carbons (Fsp3) is 0.273. The number of para-hydroxylation sites is 2. The number of rotatable bonds is 7. The van der Waals surface area contributed by atoms with Crippen molar-refractivity contribution in [2.24, 2.45) is 12.8 Å². The first kappa shape index (κ1) is 23.6. The summed E-state index contributed by atoms with van der Waals surface area (Å²) in [6.45, 7) is 3.68. The van der Waals surface area contributed by atoms with E-state index in [9.17, 15) is 4.79 Å². The van der Waals surface area contributed by atoms with E-state index in [4.69, 9.17) is 25.8 Å². The molecule has 0 fully saturated rings. The molecule has 0 aliphatic rings. The number of carboxylic acids is 1. The lowest BCUT2D eigenvalue weighted by Gasteiger charge is -2.17. The van der Waals surface area contributed by atoms with Gasteiger partial charge < -0.3 is 25.5 Å². The predicted molar refractivity (Wildman–Crippen MR) is 118 cm³/mol. The highest BCUT2D eigenvalue weighted by Crippen LogP contribution is 2.22. The summed E-state index contributed by atoms with van der Waals surface area (Å²) in [5, 5.41) is 17.7. The van der Waals surface area contributed by atoms with Crippen LogP contribution < -0.4 is 11.1 Å². The van der Waals surface area contributed by atoms with E-state index in [1.54, 1.807) is 12.1 Å². The number of fused-ring (bicyclic) bond motifs is 1. The molecule has 1 aromatic heterocycles. The number of ether oxygens (including phenoxy) is 1. The largest absolute Gasteiger partial charge is 0.481 e. The minimum absolute atomic E-state index is 0.0174. The van der Waals surface area contributed by atoms with Crippen LogP contribution in [0.1, 0.15) is 36.9 Å². The normalized spacial score (nSPS) is 11.3. The number of aromatic nitrogens is 2. The van der Waals surface area contributed by atoms with Gasteiger partial charge >= 0.3 is 0 Å². The predicted octanol–water partition coefficient (Wildman–Crippen LogP) is 2.34. The Morgan fingerprint density at radius 3 is 2.39 bits per heavy atom. The number of amidine groups is 1. The molecule has 31 heavy (non-hydrogen) atoms. The van der Waals surface area contributed by atoms with Crippen LogP contribution in [0.25, 0.3) is 11.0 Å². The van der Waals surface area contributed by atoms with E-state index in [0.717, 1.165) is 23.5 Å². The number of aryl methyl sites for hydroxylation is 1. The molecule has 2 aromatic carbocycles. The van der Waals surface area contributed by atoms with Gasteiger partial charge in [-0.05, 0) is 24.6 Å². The molecular formula is C22H27N5O4. The zero-order valence-electron chi connectivity index (χ0n) is 17.8. The third-order valence-corrected chi connectivity index (χ3v) is 4.36.